The normalized spacial score (nSPS) is 10.5. The van der Waals surface area contributed by atoms with E-state index in [1.165, 1.54) is 17.2 Å². The number of aromatic nitrogens is 5. The van der Waals surface area contributed by atoms with Crippen LogP contribution in [0.2, 0.25) is 0 Å². The van der Waals surface area contributed by atoms with E-state index < -0.39 is 0 Å². The number of carbonyl (C=O) groups is 1. The number of carbonyl (C=O) groups excluding carboxylic acids is 1. The van der Waals surface area contributed by atoms with Crippen LogP contribution in [0.5, 0.6) is 0 Å². The first-order valence-electron chi connectivity index (χ1n) is 6.69. The van der Waals surface area contributed by atoms with Gasteiger partial charge in [-0.15, -0.1) is 5.10 Å². The minimum Gasteiger partial charge on any atom is -0.289 e. The molecule has 0 radical (unpaired) electrons. The zero-order valence-corrected chi connectivity index (χ0v) is 12.2. The lowest BCUT2D eigenvalue weighted by molar-refractivity contribution is 0.102. The lowest BCUT2D eigenvalue weighted by Crippen LogP contribution is -2.16. The van der Waals surface area contributed by atoms with Gasteiger partial charge in [0.1, 0.15) is 12.2 Å². The van der Waals surface area contributed by atoms with Crippen LogP contribution in [-0.4, -0.2) is 30.6 Å². The van der Waals surface area contributed by atoms with Crippen LogP contribution in [0.3, 0.4) is 0 Å². The highest BCUT2D eigenvalue weighted by Gasteiger charge is 2.16. The van der Waals surface area contributed by atoms with Crippen LogP contribution in [-0.2, 0) is 7.05 Å². The van der Waals surface area contributed by atoms with Crippen LogP contribution in [0.15, 0.2) is 42.9 Å². The second kappa shape index (κ2) is 5.72. The van der Waals surface area contributed by atoms with Crippen LogP contribution < -0.4 is 5.32 Å². The summed E-state index contributed by atoms with van der Waals surface area (Å²) in [5.74, 6) is 0.503. The van der Waals surface area contributed by atoms with Crippen molar-refractivity contribution in [2.75, 3.05) is 5.32 Å². The average molecular weight is 294 g/mol. The molecule has 0 bridgehead atoms. The van der Waals surface area contributed by atoms with E-state index in [-0.39, 0.29) is 11.9 Å². The number of benzene rings is 1. The Morgan fingerprint density at radius 3 is 2.64 bits per heavy atom. The number of hydrogen-bond acceptors (Lipinski definition) is 5. The number of anilines is 1. The predicted octanol–water partition coefficient (Wildman–Crippen LogP) is 1.83. The maximum atomic E-state index is 12.4. The summed E-state index contributed by atoms with van der Waals surface area (Å²) >= 11 is 0. The standard InChI is InChI=1S/C15H14N6O/c1-10-16-8-12(13(18-10)11-6-4-3-5-7-11)14(22)19-15-17-9-21(2)20-15/h3-9H,1-2H3,(H,19,20,22). The van der Waals surface area contributed by atoms with E-state index in [4.69, 9.17) is 0 Å². The molecule has 3 aromatic rings. The fraction of sp³-hybridized carbons (Fsp3) is 0.133. The molecule has 7 nitrogen and oxygen atoms in total. The molecule has 0 aliphatic heterocycles. The van der Waals surface area contributed by atoms with Gasteiger partial charge in [-0.3, -0.25) is 14.8 Å². The van der Waals surface area contributed by atoms with Gasteiger partial charge in [-0.25, -0.2) is 15.0 Å². The number of nitrogens with one attached hydrogen (secondary N) is 1. The first-order valence-corrected chi connectivity index (χ1v) is 6.69. The molecule has 0 atom stereocenters. The summed E-state index contributed by atoms with van der Waals surface area (Å²) in [7, 11) is 1.73. The zero-order valence-electron chi connectivity index (χ0n) is 12.2. The van der Waals surface area contributed by atoms with Gasteiger partial charge in [-0.05, 0) is 6.92 Å². The second-order valence-corrected chi connectivity index (χ2v) is 4.74. The molecule has 0 aliphatic carbocycles. The van der Waals surface area contributed by atoms with E-state index in [9.17, 15) is 4.79 Å². The summed E-state index contributed by atoms with van der Waals surface area (Å²) in [5, 5.41) is 6.68. The highest BCUT2D eigenvalue weighted by atomic mass is 16.1. The Hall–Kier alpha value is -3.09. The van der Waals surface area contributed by atoms with Crippen molar-refractivity contribution >= 4 is 11.9 Å². The zero-order chi connectivity index (χ0) is 15.5. The molecule has 1 aromatic carbocycles. The van der Waals surface area contributed by atoms with Gasteiger partial charge in [0.2, 0.25) is 5.95 Å². The van der Waals surface area contributed by atoms with Gasteiger partial charge >= 0.3 is 0 Å². The number of rotatable bonds is 3. The molecule has 2 aromatic heterocycles. The lowest BCUT2D eigenvalue weighted by atomic mass is 10.1. The Morgan fingerprint density at radius 1 is 1.18 bits per heavy atom. The van der Waals surface area contributed by atoms with Crippen molar-refractivity contribution in [3.05, 3.63) is 54.2 Å². The summed E-state index contributed by atoms with van der Waals surface area (Å²) in [6, 6.07) is 9.51. The van der Waals surface area contributed by atoms with Crippen molar-refractivity contribution in [2.24, 2.45) is 7.05 Å². The minimum atomic E-state index is -0.343. The molecule has 1 N–H and O–H groups in total. The van der Waals surface area contributed by atoms with Crippen LogP contribution in [0.1, 0.15) is 16.2 Å². The summed E-state index contributed by atoms with van der Waals surface area (Å²) < 4.78 is 1.51. The molecule has 3 rings (SSSR count). The minimum absolute atomic E-state index is 0.243. The molecule has 0 saturated heterocycles. The van der Waals surface area contributed by atoms with Crippen molar-refractivity contribution in [1.82, 2.24) is 24.7 Å². The van der Waals surface area contributed by atoms with Gasteiger partial charge in [-0.1, -0.05) is 30.3 Å². The molecular formula is C15H14N6O. The maximum absolute atomic E-state index is 12.4. The second-order valence-electron chi connectivity index (χ2n) is 4.74. The number of nitrogens with zero attached hydrogens (tertiary/aromatic N) is 5. The molecule has 110 valence electrons. The van der Waals surface area contributed by atoms with Crippen LogP contribution in [0.25, 0.3) is 11.3 Å². The smallest absolute Gasteiger partial charge is 0.261 e. The molecule has 0 spiro atoms. The largest absolute Gasteiger partial charge is 0.289 e. The molecule has 1 amide bonds. The van der Waals surface area contributed by atoms with Crippen LogP contribution >= 0.6 is 0 Å². The van der Waals surface area contributed by atoms with Crippen molar-refractivity contribution < 1.29 is 4.79 Å². The maximum Gasteiger partial charge on any atom is 0.261 e. The van der Waals surface area contributed by atoms with Crippen molar-refractivity contribution in [3.63, 3.8) is 0 Å². The van der Waals surface area contributed by atoms with Gasteiger partial charge in [0, 0.05) is 18.8 Å². The molecule has 0 fully saturated rings. The number of hydrogen-bond donors (Lipinski definition) is 1. The molecular weight excluding hydrogens is 280 g/mol. The molecule has 0 aliphatic rings. The van der Waals surface area contributed by atoms with Gasteiger partial charge in [0.15, 0.2) is 0 Å². The summed E-state index contributed by atoms with van der Waals surface area (Å²) in [4.78, 5) is 24.9. The quantitative estimate of drug-likeness (QED) is 0.796. The van der Waals surface area contributed by atoms with E-state index in [1.54, 1.807) is 14.0 Å². The molecule has 0 saturated carbocycles. The van der Waals surface area contributed by atoms with Gasteiger partial charge in [0.25, 0.3) is 5.91 Å². The molecule has 22 heavy (non-hydrogen) atoms. The monoisotopic (exact) mass is 294 g/mol. The molecule has 7 heteroatoms. The Labute approximate surface area is 127 Å². The summed E-state index contributed by atoms with van der Waals surface area (Å²) in [6.45, 7) is 1.79. The van der Waals surface area contributed by atoms with E-state index in [0.29, 0.717) is 17.1 Å². The highest BCUT2D eigenvalue weighted by Crippen LogP contribution is 2.21. The molecule has 0 unspecified atom stereocenters. The number of aryl methyl sites for hydroxylation is 2. The number of amides is 1. The Kier molecular flexibility index (Phi) is 3.61. The Balaban J connectivity index is 1.98. The van der Waals surface area contributed by atoms with Gasteiger partial charge < -0.3 is 0 Å². The predicted molar refractivity (Wildman–Crippen MR) is 81.2 cm³/mol. The van der Waals surface area contributed by atoms with Gasteiger partial charge in [-0.2, -0.15) is 0 Å². The third-order valence-electron chi connectivity index (χ3n) is 3.03. The van der Waals surface area contributed by atoms with Crippen molar-refractivity contribution in [2.45, 2.75) is 6.92 Å². The fourth-order valence-electron chi connectivity index (χ4n) is 2.02. The van der Waals surface area contributed by atoms with Crippen LogP contribution in [0, 0.1) is 6.92 Å². The topological polar surface area (TPSA) is 85.6 Å². The lowest BCUT2D eigenvalue weighted by Gasteiger charge is -2.08. The first kappa shape index (κ1) is 13.9. The first-order chi connectivity index (χ1) is 10.6. The average Bonchev–Trinajstić information content (AvgIpc) is 2.93. The Morgan fingerprint density at radius 2 is 1.95 bits per heavy atom. The van der Waals surface area contributed by atoms with Crippen molar-refractivity contribution in [1.29, 1.82) is 0 Å². The SMILES string of the molecule is Cc1ncc(C(=O)Nc2ncn(C)n2)c(-c2ccccc2)n1. The third kappa shape index (κ3) is 2.83. The van der Waals surface area contributed by atoms with Crippen molar-refractivity contribution in [3.8, 4) is 11.3 Å². The van der Waals surface area contributed by atoms with E-state index in [0.717, 1.165) is 5.56 Å². The van der Waals surface area contributed by atoms with E-state index in [1.807, 2.05) is 30.3 Å². The summed E-state index contributed by atoms with van der Waals surface area (Å²) in [5.41, 5.74) is 1.82. The Bertz CT molecular complexity index is 812. The van der Waals surface area contributed by atoms with Crippen LogP contribution in [0.4, 0.5) is 5.95 Å². The highest BCUT2D eigenvalue weighted by molar-refractivity contribution is 6.07. The fourth-order valence-corrected chi connectivity index (χ4v) is 2.02. The van der Waals surface area contributed by atoms with E-state index in [2.05, 4.69) is 25.4 Å². The third-order valence-corrected chi connectivity index (χ3v) is 3.03. The summed E-state index contributed by atoms with van der Waals surface area (Å²) in [6.07, 6.45) is 3.03. The van der Waals surface area contributed by atoms with Gasteiger partial charge in [0.05, 0.1) is 11.3 Å². The van der Waals surface area contributed by atoms with E-state index >= 15 is 0 Å². The molecule has 2 heterocycles.